The van der Waals surface area contributed by atoms with Gasteiger partial charge in [0.1, 0.15) is 5.75 Å². The Morgan fingerprint density at radius 1 is 1.33 bits per heavy atom. The standard InChI is InChI=1S/C15H20Br2O/c1-3-15(8-4-5-9-15)14(17)12-7-6-11(18-2)10-13(12)16/h6-7,10,14H,3-5,8-9H2,1-2H3. The minimum absolute atomic E-state index is 0.428. The minimum atomic E-state index is 0.428. The van der Waals surface area contributed by atoms with Crippen molar-refractivity contribution in [2.24, 2.45) is 5.41 Å². The molecule has 1 atom stereocenters. The van der Waals surface area contributed by atoms with Crippen molar-refractivity contribution >= 4 is 31.9 Å². The molecule has 1 unspecified atom stereocenters. The molecule has 1 fully saturated rings. The third kappa shape index (κ3) is 2.62. The molecule has 0 radical (unpaired) electrons. The van der Waals surface area contributed by atoms with Crippen molar-refractivity contribution in [2.45, 2.75) is 43.9 Å². The van der Waals surface area contributed by atoms with Gasteiger partial charge in [-0.25, -0.2) is 0 Å². The Morgan fingerprint density at radius 3 is 2.50 bits per heavy atom. The second kappa shape index (κ2) is 5.96. The van der Waals surface area contributed by atoms with Crippen LogP contribution in [0.25, 0.3) is 0 Å². The highest BCUT2D eigenvalue weighted by Gasteiger charge is 2.39. The van der Waals surface area contributed by atoms with Gasteiger partial charge in [0.25, 0.3) is 0 Å². The van der Waals surface area contributed by atoms with Crippen molar-refractivity contribution in [1.29, 1.82) is 0 Å². The number of ether oxygens (including phenoxy) is 1. The first-order chi connectivity index (χ1) is 8.63. The van der Waals surface area contributed by atoms with Crippen LogP contribution in [-0.2, 0) is 0 Å². The van der Waals surface area contributed by atoms with E-state index in [2.05, 4.69) is 50.9 Å². The molecule has 1 aromatic rings. The second-order valence-electron chi connectivity index (χ2n) is 5.17. The Kier molecular flexibility index (Phi) is 4.76. The Hall–Kier alpha value is -0.0200. The van der Waals surface area contributed by atoms with Gasteiger partial charge in [0.05, 0.1) is 7.11 Å². The van der Waals surface area contributed by atoms with E-state index in [-0.39, 0.29) is 0 Å². The van der Waals surface area contributed by atoms with Gasteiger partial charge in [-0.2, -0.15) is 0 Å². The van der Waals surface area contributed by atoms with Gasteiger partial charge in [0.2, 0.25) is 0 Å². The average Bonchev–Trinajstić information content (AvgIpc) is 2.87. The Labute approximate surface area is 127 Å². The topological polar surface area (TPSA) is 9.23 Å². The number of rotatable bonds is 4. The zero-order valence-corrected chi connectivity index (χ0v) is 14.2. The third-order valence-corrected chi connectivity index (χ3v) is 6.47. The van der Waals surface area contributed by atoms with Crippen molar-refractivity contribution in [3.63, 3.8) is 0 Å². The highest BCUT2D eigenvalue weighted by atomic mass is 79.9. The lowest BCUT2D eigenvalue weighted by Gasteiger charge is -2.34. The summed E-state index contributed by atoms with van der Waals surface area (Å²) in [6.45, 7) is 2.32. The molecule has 0 N–H and O–H groups in total. The summed E-state index contributed by atoms with van der Waals surface area (Å²) < 4.78 is 6.40. The molecule has 0 bridgehead atoms. The normalized spacial score (nSPS) is 19.8. The molecule has 0 aromatic heterocycles. The van der Waals surface area contributed by atoms with Crippen molar-refractivity contribution in [3.05, 3.63) is 28.2 Å². The average molecular weight is 376 g/mol. The molecule has 0 amide bonds. The fourth-order valence-electron chi connectivity index (χ4n) is 3.04. The fraction of sp³-hybridized carbons (Fsp3) is 0.600. The summed E-state index contributed by atoms with van der Waals surface area (Å²) >= 11 is 7.64. The first kappa shape index (κ1) is 14.4. The van der Waals surface area contributed by atoms with Gasteiger partial charge in [-0.1, -0.05) is 57.7 Å². The lowest BCUT2D eigenvalue weighted by atomic mass is 9.77. The number of hydrogen-bond acceptors (Lipinski definition) is 1. The van der Waals surface area contributed by atoms with Crippen LogP contribution in [0.5, 0.6) is 5.75 Å². The van der Waals surface area contributed by atoms with Crippen LogP contribution >= 0.6 is 31.9 Å². The van der Waals surface area contributed by atoms with Crippen LogP contribution in [0.4, 0.5) is 0 Å². The van der Waals surface area contributed by atoms with Gasteiger partial charge in [-0.15, -0.1) is 0 Å². The van der Waals surface area contributed by atoms with E-state index < -0.39 is 0 Å². The molecular weight excluding hydrogens is 356 g/mol. The first-order valence-electron chi connectivity index (χ1n) is 6.60. The molecule has 0 spiro atoms. The molecule has 2 rings (SSSR count). The molecule has 1 aromatic carbocycles. The van der Waals surface area contributed by atoms with E-state index in [1.54, 1.807) is 7.11 Å². The summed E-state index contributed by atoms with van der Waals surface area (Å²) in [6.07, 6.45) is 6.63. The molecule has 0 aliphatic heterocycles. The highest BCUT2D eigenvalue weighted by molar-refractivity contribution is 9.11. The molecule has 0 saturated heterocycles. The predicted molar refractivity (Wildman–Crippen MR) is 83.6 cm³/mol. The zero-order valence-electron chi connectivity index (χ0n) is 11.0. The molecule has 3 heteroatoms. The molecular formula is C15H20Br2O. The molecule has 0 heterocycles. The highest BCUT2D eigenvalue weighted by Crippen LogP contribution is 2.55. The first-order valence-corrected chi connectivity index (χ1v) is 8.31. The van der Waals surface area contributed by atoms with Crippen LogP contribution in [0.1, 0.15) is 49.4 Å². The Morgan fingerprint density at radius 2 is 2.00 bits per heavy atom. The summed E-state index contributed by atoms with van der Waals surface area (Å²) in [4.78, 5) is 0.429. The quantitative estimate of drug-likeness (QED) is 0.598. The van der Waals surface area contributed by atoms with E-state index >= 15 is 0 Å². The minimum Gasteiger partial charge on any atom is -0.497 e. The van der Waals surface area contributed by atoms with Gasteiger partial charge in [0.15, 0.2) is 0 Å². The van der Waals surface area contributed by atoms with Crippen molar-refractivity contribution in [2.75, 3.05) is 7.11 Å². The van der Waals surface area contributed by atoms with Crippen LogP contribution in [0, 0.1) is 5.41 Å². The summed E-state index contributed by atoms with van der Waals surface area (Å²) in [5, 5.41) is 0. The van der Waals surface area contributed by atoms with E-state index in [1.165, 1.54) is 37.7 Å². The van der Waals surface area contributed by atoms with E-state index in [1.807, 2.05) is 6.07 Å². The molecule has 100 valence electrons. The SMILES string of the molecule is CCC1(C(Br)c2ccc(OC)cc2Br)CCCC1. The molecule has 1 aliphatic rings. The lowest BCUT2D eigenvalue weighted by molar-refractivity contribution is 0.279. The summed E-state index contributed by atoms with van der Waals surface area (Å²) in [6, 6.07) is 6.28. The monoisotopic (exact) mass is 374 g/mol. The summed E-state index contributed by atoms with van der Waals surface area (Å²) in [5.74, 6) is 0.905. The van der Waals surface area contributed by atoms with Crippen LogP contribution in [0.2, 0.25) is 0 Å². The molecule has 1 saturated carbocycles. The van der Waals surface area contributed by atoms with Gasteiger partial charge < -0.3 is 4.74 Å². The van der Waals surface area contributed by atoms with E-state index in [4.69, 9.17) is 4.74 Å². The maximum atomic E-state index is 5.26. The largest absolute Gasteiger partial charge is 0.497 e. The summed E-state index contributed by atoms with van der Waals surface area (Å²) in [7, 11) is 1.71. The number of benzene rings is 1. The van der Waals surface area contributed by atoms with Crippen molar-refractivity contribution in [1.82, 2.24) is 0 Å². The zero-order chi connectivity index (χ0) is 13.2. The lowest BCUT2D eigenvalue weighted by Crippen LogP contribution is -2.21. The number of alkyl halides is 1. The van der Waals surface area contributed by atoms with E-state index in [0.717, 1.165) is 10.2 Å². The van der Waals surface area contributed by atoms with E-state index in [0.29, 0.717) is 10.2 Å². The molecule has 18 heavy (non-hydrogen) atoms. The number of hydrogen-bond donors (Lipinski definition) is 0. The van der Waals surface area contributed by atoms with Crippen molar-refractivity contribution < 1.29 is 4.74 Å². The van der Waals surface area contributed by atoms with Gasteiger partial charge in [-0.3, -0.25) is 0 Å². The Bertz CT molecular complexity index is 411. The third-order valence-electron chi connectivity index (χ3n) is 4.32. The molecule has 1 aliphatic carbocycles. The van der Waals surface area contributed by atoms with Crippen LogP contribution in [0.3, 0.4) is 0 Å². The number of halogens is 2. The predicted octanol–water partition coefficient (Wildman–Crippen LogP) is 5.86. The Balaban J connectivity index is 2.30. The maximum Gasteiger partial charge on any atom is 0.120 e. The van der Waals surface area contributed by atoms with Gasteiger partial charge in [-0.05, 0) is 42.4 Å². The van der Waals surface area contributed by atoms with Crippen LogP contribution in [0.15, 0.2) is 22.7 Å². The van der Waals surface area contributed by atoms with E-state index in [9.17, 15) is 0 Å². The summed E-state index contributed by atoms with van der Waals surface area (Å²) in [5.41, 5.74) is 1.77. The smallest absolute Gasteiger partial charge is 0.120 e. The molecule has 1 nitrogen and oxygen atoms in total. The second-order valence-corrected chi connectivity index (χ2v) is 6.94. The van der Waals surface area contributed by atoms with Crippen LogP contribution < -0.4 is 4.74 Å². The van der Waals surface area contributed by atoms with Crippen molar-refractivity contribution in [3.8, 4) is 5.75 Å². The number of methoxy groups -OCH3 is 1. The van der Waals surface area contributed by atoms with Gasteiger partial charge in [0, 0.05) is 9.30 Å². The van der Waals surface area contributed by atoms with Crippen LogP contribution in [-0.4, -0.2) is 7.11 Å². The fourth-order valence-corrected chi connectivity index (χ4v) is 5.11. The van der Waals surface area contributed by atoms with Gasteiger partial charge >= 0.3 is 0 Å². The maximum absolute atomic E-state index is 5.26.